The molecule has 0 spiro atoms. The van der Waals surface area contributed by atoms with Crippen LogP contribution in [0.25, 0.3) is 10.9 Å². The van der Waals surface area contributed by atoms with Gasteiger partial charge in [0.25, 0.3) is 0 Å². The van der Waals surface area contributed by atoms with Crippen molar-refractivity contribution in [3.8, 4) is 0 Å². The highest BCUT2D eigenvalue weighted by Crippen LogP contribution is 2.41. The predicted molar refractivity (Wildman–Crippen MR) is 122 cm³/mol. The summed E-state index contributed by atoms with van der Waals surface area (Å²) >= 11 is 12.9. The second kappa shape index (κ2) is 7.25. The average molecular weight is 420 g/mol. The largest absolute Gasteiger partial charge is 0.360 e. The molecule has 1 atom stereocenters. The van der Waals surface area contributed by atoms with Crippen molar-refractivity contribution in [3.63, 3.8) is 0 Å². The Hall–Kier alpha value is -2.75. The molecule has 0 fully saturated rings. The Labute approximate surface area is 179 Å². The van der Waals surface area contributed by atoms with Crippen LogP contribution in [0, 0.1) is 6.92 Å². The molecule has 0 bridgehead atoms. The number of hydrogen-bond acceptors (Lipinski definition) is 2. The molecule has 1 N–H and O–H groups in total. The van der Waals surface area contributed by atoms with Gasteiger partial charge in [0.15, 0.2) is 0 Å². The first-order valence-corrected chi connectivity index (χ1v) is 10.3. The van der Waals surface area contributed by atoms with Crippen LogP contribution in [0.2, 0.25) is 10.0 Å². The Morgan fingerprint density at radius 2 is 1.79 bits per heavy atom. The highest BCUT2D eigenvalue weighted by Gasteiger charge is 2.32. The zero-order valence-corrected chi connectivity index (χ0v) is 17.4. The SMILES string of the molecule is Cc1ccc(N2N=C(c3c[nH]c4ccccc34)CC2c2cc(Cl)ccc2Cl)cc1. The number of hydrazone groups is 1. The van der Waals surface area contributed by atoms with Crippen LogP contribution in [0.5, 0.6) is 0 Å². The highest BCUT2D eigenvalue weighted by atomic mass is 35.5. The van der Waals surface area contributed by atoms with E-state index in [1.165, 1.54) is 10.9 Å². The fraction of sp³-hybridized carbons (Fsp3) is 0.125. The van der Waals surface area contributed by atoms with Crippen LogP contribution in [-0.2, 0) is 0 Å². The first-order chi connectivity index (χ1) is 14.1. The van der Waals surface area contributed by atoms with E-state index in [9.17, 15) is 0 Å². The van der Waals surface area contributed by atoms with E-state index in [-0.39, 0.29) is 6.04 Å². The Bertz CT molecular complexity index is 1220. The fourth-order valence-corrected chi connectivity index (χ4v) is 4.36. The van der Waals surface area contributed by atoms with E-state index in [1.807, 2.05) is 30.5 Å². The lowest BCUT2D eigenvalue weighted by molar-refractivity contribution is 0.709. The number of nitrogens with zero attached hydrogens (tertiary/aromatic N) is 2. The van der Waals surface area contributed by atoms with Gasteiger partial charge in [-0.05, 0) is 48.9 Å². The van der Waals surface area contributed by atoms with E-state index in [4.69, 9.17) is 28.3 Å². The fourth-order valence-electron chi connectivity index (χ4n) is 3.93. The van der Waals surface area contributed by atoms with E-state index in [2.05, 4.69) is 59.4 Å². The minimum Gasteiger partial charge on any atom is -0.360 e. The maximum absolute atomic E-state index is 6.58. The first-order valence-electron chi connectivity index (χ1n) is 9.55. The van der Waals surface area contributed by atoms with E-state index in [0.717, 1.165) is 34.5 Å². The lowest BCUT2D eigenvalue weighted by atomic mass is 9.97. The van der Waals surface area contributed by atoms with Crippen molar-refractivity contribution in [2.45, 2.75) is 19.4 Å². The zero-order chi connectivity index (χ0) is 20.0. The lowest BCUT2D eigenvalue weighted by Gasteiger charge is -2.25. The summed E-state index contributed by atoms with van der Waals surface area (Å²) in [5.41, 5.74) is 6.50. The van der Waals surface area contributed by atoms with Gasteiger partial charge in [0.1, 0.15) is 0 Å². The normalized spacial score (nSPS) is 16.4. The summed E-state index contributed by atoms with van der Waals surface area (Å²) in [4.78, 5) is 3.36. The number of aryl methyl sites for hydroxylation is 1. The number of rotatable bonds is 3. The summed E-state index contributed by atoms with van der Waals surface area (Å²) in [6, 6.07) is 22.3. The van der Waals surface area contributed by atoms with Gasteiger partial charge in [-0.2, -0.15) is 5.10 Å². The van der Waals surface area contributed by atoms with Crippen molar-refractivity contribution in [3.05, 3.63) is 99.7 Å². The molecular formula is C24H19Cl2N3. The van der Waals surface area contributed by atoms with Gasteiger partial charge in [0, 0.05) is 39.1 Å². The number of nitrogens with one attached hydrogen (secondary N) is 1. The molecule has 29 heavy (non-hydrogen) atoms. The summed E-state index contributed by atoms with van der Waals surface area (Å²) in [5, 5.41) is 9.65. The van der Waals surface area contributed by atoms with Gasteiger partial charge in [-0.25, -0.2) is 0 Å². The van der Waals surface area contributed by atoms with Gasteiger partial charge < -0.3 is 4.98 Å². The minimum atomic E-state index is -0.0208. The Balaban J connectivity index is 1.63. The Morgan fingerprint density at radius 1 is 1.00 bits per heavy atom. The number of benzene rings is 3. The molecule has 0 saturated carbocycles. The number of halogens is 2. The van der Waals surface area contributed by atoms with Crippen LogP contribution in [0.1, 0.15) is 29.2 Å². The monoisotopic (exact) mass is 419 g/mol. The van der Waals surface area contributed by atoms with Gasteiger partial charge in [-0.1, -0.05) is 59.1 Å². The molecule has 0 amide bonds. The van der Waals surface area contributed by atoms with Crippen molar-refractivity contribution in [1.29, 1.82) is 0 Å². The van der Waals surface area contributed by atoms with Crippen LogP contribution in [0.3, 0.4) is 0 Å². The smallest absolute Gasteiger partial charge is 0.0846 e. The molecule has 4 aromatic rings. The van der Waals surface area contributed by atoms with E-state index in [1.54, 1.807) is 0 Å². The van der Waals surface area contributed by atoms with Gasteiger partial charge >= 0.3 is 0 Å². The van der Waals surface area contributed by atoms with Gasteiger partial charge in [-0.3, -0.25) is 5.01 Å². The number of aromatic nitrogens is 1. The average Bonchev–Trinajstić information content (AvgIpc) is 3.35. The van der Waals surface area contributed by atoms with E-state index < -0.39 is 0 Å². The van der Waals surface area contributed by atoms with Crippen LogP contribution >= 0.6 is 23.2 Å². The molecule has 1 aliphatic heterocycles. The quantitative estimate of drug-likeness (QED) is 0.375. The molecule has 1 aromatic heterocycles. The molecule has 5 heteroatoms. The Morgan fingerprint density at radius 3 is 2.62 bits per heavy atom. The maximum Gasteiger partial charge on any atom is 0.0846 e. The number of hydrogen-bond donors (Lipinski definition) is 1. The number of aromatic amines is 1. The second-order valence-electron chi connectivity index (χ2n) is 7.36. The lowest BCUT2D eigenvalue weighted by Crippen LogP contribution is -2.18. The summed E-state index contributed by atoms with van der Waals surface area (Å²) in [7, 11) is 0. The number of para-hydroxylation sites is 1. The summed E-state index contributed by atoms with van der Waals surface area (Å²) in [6.45, 7) is 2.08. The molecule has 2 heterocycles. The summed E-state index contributed by atoms with van der Waals surface area (Å²) < 4.78 is 0. The maximum atomic E-state index is 6.58. The van der Waals surface area contributed by atoms with Crippen LogP contribution in [0.15, 0.2) is 78.0 Å². The molecule has 1 unspecified atom stereocenters. The molecule has 0 saturated heterocycles. The number of H-pyrrole nitrogens is 1. The first kappa shape index (κ1) is 18.3. The van der Waals surface area contributed by atoms with Crippen LogP contribution in [0.4, 0.5) is 5.69 Å². The summed E-state index contributed by atoms with van der Waals surface area (Å²) in [6.07, 6.45) is 2.79. The third-order valence-corrected chi connectivity index (χ3v) is 6.01. The van der Waals surface area contributed by atoms with Crippen molar-refractivity contribution >= 4 is 45.5 Å². The topological polar surface area (TPSA) is 31.4 Å². The third-order valence-electron chi connectivity index (χ3n) is 5.43. The molecule has 0 aliphatic carbocycles. The minimum absolute atomic E-state index is 0.0208. The van der Waals surface area contributed by atoms with Gasteiger partial charge in [0.05, 0.1) is 17.4 Å². The van der Waals surface area contributed by atoms with Crippen molar-refractivity contribution in [2.24, 2.45) is 5.10 Å². The van der Waals surface area contributed by atoms with Crippen molar-refractivity contribution in [1.82, 2.24) is 4.98 Å². The highest BCUT2D eigenvalue weighted by molar-refractivity contribution is 6.33. The zero-order valence-electron chi connectivity index (χ0n) is 15.9. The number of fused-ring (bicyclic) bond motifs is 1. The summed E-state index contributed by atoms with van der Waals surface area (Å²) in [5.74, 6) is 0. The second-order valence-corrected chi connectivity index (χ2v) is 8.20. The molecule has 144 valence electrons. The molecular weight excluding hydrogens is 401 g/mol. The molecule has 3 nitrogen and oxygen atoms in total. The molecule has 1 aliphatic rings. The Kier molecular flexibility index (Phi) is 4.57. The van der Waals surface area contributed by atoms with Gasteiger partial charge in [-0.15, -0.1) is 0 Å². The number of anilines is 1. The molecule has 5 rings (SSSR count). The molecule has 0 radical (unpaired) electrons. The van der Waals surface area contributed by atoms with E-state index in [0.29, 0.717) is 10.0 Å². The van der Waals surface area contributed by atoms with Crippen molar-refractivity contribution < 1.29 is 0 Å². The van der Waals surface area contributed by atoms with Crippen molar-refractivity contribution in [2.75, 3.05) is 5.01 Å². The van der Waals surface area contributed by atoms with Crippen LogP contribution in [-0.4, -0.2) is 10.7 Å². The standard InChI is InChI=1S/C24H19Cl2N3/c1-15-6-9-17(10-7-15)29-24(19-12-16(25)8-11-21(19)26)13-23(28-29)20-14-27-22-5-3-2-4-18(20)22/h2-12,14,24,27H,13H2,1H3. The molecule has 3 aromatic carbocycles. The van der Waals surface area contributed by atoms with Gasteiger partial charge in [0.2, 0.25) is 0 Å². The van der Waals surface area contributed by atoms with Crippen LogP contribution < -0.4 is 5.01 Å². The van der Waals surface area contributed by atoms with E-state index >= 15 is 0 Å². The third kappa shape index (κ3) is 3.31. The predicted octanol–water partition coefficient (Wildman–Crippen LogP) is 7.14.